The number of phenolic OH excluding ortho intramolecular Hbond substituents is 1. The van der Waals surface area contributed by atoms with E-state index < -0.39 is 14.4 Å². The standard InChI is InChI=1S/C21H29O5P/c1-5-6-7-10-16-13-18(22)20(17-11-8-9-15(2)12-17)19(14-16)25-21(3,4)26-27(23)24/h8-9,11-14,22-24H,5-7,10H2,1-4H3. The second-order valence-corrected chi connectivity index (χ2v) is 7.85. The van der Waals surface area contributed by atoms with Crippen molar-refractivity contribution in [3.05, 3.63) is 47.5 Å². The highest BCUT2D eigenvalue weighted by Crippen LogP contribution is 2.43. The SMILES string of the molecule is CCCCCc1cc(O)c(-c2cccc(C)c2)c(OC(C)(C)OP(O)O)c1. The Bertz CT molecular complexity index is 758. The Morgan fingerprint density at radius 1 is 1.07 bits per heavy atom. The van der Waals surface area contributed by atoms with Gasteiger partial charge in [0.25, 0.3) is 0 Å². The minimum absolute atomic E-state index is 0.135. The van der Waals surface area contributed by atoms with E-state index in [1.165, 1.54) is 0 Å². The molecule has 5 nitrogen and oxygen atoms in total. The molecule has 0 aliphatic carbocycles. The van der Waals surface area contributed by atoms with Gasteiger partial charge in [0, 0.05) is 13.8 Å². The number of unbranched alkanes of at least 4 members (excludes halogenated alkanes) is 2. The lowest BCUT2D eigenvalue weighted by Gasteiger charge is -2.28. The van der Waals surface area contributed by atoms with E-state index in [9.17, 15) is 14.9 Å². The number of hydrogen-bond donors (Lipinski definition) is 3. The number of rotatable bonds is 9. The summed E-state index contributed by atoms with van der Waals surface area (Å²) < 4.78 is 11.1. The van der Waals surface area contributed by atoms with Gasteiger partial charge < -0.3 is 19.6 Å². The van der Waals surface area contributed by atoms with Gasteiger partial charge in [0.05, 0.1) is 5.56 Å². The Labute approximate surface area is 162 Å². The number of benzene rings is 2. The molecule has 0 heterocycles. The van der Waals surface area contributed by atoms with Crippen molar-refractivity contribution < 1.29 is 24.2 Å². The van der Waals surface area contributed by atoms with E-state index in [1.807, 2.05) is 37.3 Å². The number of aromatic hydroxyl groups is 1. The van der Waals surface area contributed by atoms with Crippen LogP contribution in [0.25, 0.3) is 11.1 Å². The zero-order chi connectivity index (χ0) is 20.0. The van der Waals surface area contributed by atoms with Crippen molar-refractivity contribution in [2.75, 3.05) is 0 Å². The van der Waals surface area contributed by atoms with Gasteiger partial charge in [-0.3, -0.25) is 4.52 Å². The van der Waals surface area contributed by atoms with Gasteiger partial charge in [-0.15, -0.1) is 0 Å². The van der Waals surface area contributed by atoms with Crippen LogP contribution in [0.1, 0.15) is 51.2 Å². The summed E-state index contributed by atoms with van der Waals surface area (Å²) in [4.78, 5) is 18.4. The first-order valence-electron chi connectivity index (χ1n) is 9.21. The molecule has 6 heteroatoms. The van der Waals surface area contributed by atoms with Gasteiger partial charge in [0.15, 0.2) is 0 Å². The Hall–Kier alpha value is -1.65. The molecule has 0 aliphatic rings. The van der Waals surface area contributed by atoms with Crippen LogP contribution >= 0.6 is 8.60 Å². The van der Waals surface area contributed by atoms with E-state index in [-0.39, 0.29) is 5.75 Å². The van der Waals surface area contributed by atoms with Crippen LogP contribution in [0, 0.1) is 6.92 Å². The monoisotopic (exact) mass is 392 g/mol. The first-order valence-corrected chi connectivity index (χ1v) is 10.4. The Morgan fingerprint density at radius 3 is 2.44 bits per heavy atom. The molecule has 0 saturated heterocycles. The first-order chi connectivity index (χ1) is 12.7. The number of aryl methyl sites for hydroxylation is 2. The maximum atomic E-state index is 10.7. The fourth-order valence-electron chi connectivity index (χ4n) is 3.03. The molecule has 0 atom stereocenters. The van der Waals surface area contributed by atoms with E-state index in [1.54, 1.807) is 19.9 Å². The van der Waals surface area contributed by atoms with Gasteiger partial charge in [-0.2, -0.15) is 0 Å². The zero-order valence-corrected chi connectivity index (χ0v) is 17.3. The van der Waals surface area contributed by atoms with Crippen LogP contribution in [0.5, 0.6) is 11.5 Å². The van der Waals surface area contributed by atoms with Crippen LogP contribution in [0.3, 0.4) is 0 Å². The topological polar surface area (TPSA) is 79.2 Å². The second-order valence-electron chi connectivity index (χ2n) is 7.16. The van der Waals surface area contributed by atoms with E-state index in [2.05, 4.69) is 6.92 Å². The van der Waals surface area contributed by atoms with Crippen molar-refractivity contribution in [1.82, 2.24) is 0 Å². The maximum Gasteiger partial charge on any atom is 0.330 e. The quantitative estimate of drug-likeness (QED) is 0.301. The smallest absolute Gasteiger partial charge is 0.330 e. The minimum atomic E-state index is -2.57. The van der Waals surface area contributed by atoms with Gasteiger partial charge in [-0.25, -0.2) is 0 Å². The molecular formula is C21H29O5P. The largest absolute Gasteiger partial charge is 0.507 e. The highest BCUT2D eigenvalue weighted by Gasteiger charge is 2.27. The predicted molar refractivity (Wildman–Crippen MR) is 109 cm³/mol. The van der Waals surface area contributed by atoms with E-state index in [0.29, 0.717) is 11.3 Å². The van der Waals surface area contributed by atoms with Gasteiger partial charge in [0.2, 0.25) is 5.79 Å². The second kappa shape index (κ2) is 9.52. The van der Waals surface area contributed by atoms with Crippen molar-refractivity contribution in [1.29, 1.82) is 0 Å². The van der Waals surface area contributed by atoms with Gasteiger partial charge in [-0.1, -0.05) is 49.6 Å². The van der Waals surface area contributed by atoms with Crippen LogP contribution in [0.15, 0.2) is 36.4 Å². The van der Waals surface area contributed by atoms with Gasteiger partial charge >= 0.3 is 8.60 Å². The predicted octanol–water partition coefficient (Wildman–Crippen LogP) is 5.44. The molecule has 0 aliphatic heterocycles. The molecule has 0 bridgehead atoms. The van der Waals surface area contributed by atoms with Crippen molar-refractivity contribution in [2.24, 2.45) is 0 Å². The van der Waals surface area contributed by atoms with Crippen LogP contribution in [0.4, 0.5) is 0 Å². The lowest BCUT2D eigenvalue weighted by Crippen LogP contribution is -2.30. The summed E-state index contributed by atoms with van der Waals surface area (Å²) in [7, 11) is -2.57. The molecule has 0 fully saturated rings. The molecule has 0 radical (unpaired) electrons. The summed E-state index contributed by atoms with van der Waals surface area (Å²) in [6, 6.07) is 11.5. The summed E-state index contributed by atoms with van der Waals surface area (Å²) in [5.74, 6) is -0.674. The number of phenols is 1. The maximum absolute atomic E-state index is 10.7. The third-order valence-corrected chi connectivity index (χ3v) is 4.78. The summed E-state index contributed by atoms with van der Waals surface area (Å²) in [6.45, 7) is 7.35. The highest BCUT2D eigenvalue weighted by atomic mass is 31.2. The van der Waals surface area contributed by atoms with E-state index in [0.717, 1.165) is 42.4 Å². The lowest BCUT2D eigenvalue weighted by atomic mass is 9.97. The molecule has 0 unspecified atom stereocenters. The number of hydrogen-bond acceptors (Lipinski definition) is 5. The average Bonchev–Trinajstić information content (AvgIpc) is 2.53. The van der Waals surface area contributed by atoms with Crippen molar-refractivity contribution >= 4 is 8.60 Å². The van der Waals surface area contributed by atoms with E-state index in [4.69, 9.17) is 9.26 Å². The van der Waals surface area contributed by atoms with Gasteiger partial charge in [-0.05, 0) is 43.0 Å². The van der Waals surface area contributed by atoms with E-state index >= 15 is 0 Å². The average molecular weight is 392 g/mol. The first kappa shape index (κ1) is 21.6. The molecule has 2 aromatic carbocycles. The normalized spacial score (nSPS) is 11.8. The van der Waals surface area contributed by atoms with Crippen LogP contribution in [0.2, 0.25) is 0 Å². The third kappa shape index (κ3) is 6.47. The van der Waals surface area contributed by atoms with Crippen LogP contribution in [-0.4, -0.2) is 20.7 Å². The molecule has 148 valence electrons. The lowest BCUT2D eigenvalue weighted by molar-refractivity contribution is -0.0865. The zero-order valence-electron chi connectivity index (χ0n) is 16.4. The number of ether oxygens (including phenoxy) is 1. The molecule has 3 N–H and O–H groups in total. The molecule has 0 amide bonds. The van der Waals surface area contributed by atoms with Gasteiger partial charge in [0.1, 0.15) is 11.5 Å². The van der Waals surface area contributed by atoms with Crippen LogP contribution < -0.4 is 4.74 Å². The molecule has 0 saturated carbocycles. The molecule has 2 rings (SSSR count). The van der Waals surface area contributed by atoms with Crippen molar-refractivity contribution in [3.63, 3.8) is 0 Å². The summed E-state index contributed by atoms with van der Waals surface area (Å²) >= 11 is 0. The Kier molecular flexibility index (Phi) is 7.63. The van der Waals surface area contributed by atoms with Crippen molar-refractivity contribution in [3.8, 4) is 22.6 Å². The fraction of sp³-hybridized carbons (Fsp3) is 0.429. The Balaban J connectivity index is 2.47. The third-order valence-electron chi connectivity index (χ3n) is 4.17. The summed E-state index contributed by atoms with van der Waals surface area (Å²) in [5.41, 5.74) is 3.43. The molecule has 0 spiro atoms. The fourth-order valence-corrected chi connectivity index (χ4v) is 3.46. The summed E-state index contributed by atoms with van der Waals surface area (Å²) in [5, 5.41) is 10.7. The summed E-state index contributed by atoms with van der Waals surface area (Å²) in [6.07, 6.45) is 4.09. The van der Waals surface area contributed by atoms with Crippen LogP contribution in [-0.2, 0) is 10.9 Å². The molecule has 2 aromatic rings. The molecule has 27 heavy (non-hydrogen) atoms. The highest BCUT2D eigenvalue weighted by molar-refractivity contribution is 7.39. The molecular weight excluding hydrogens is 363 g/mol. The van der Waals surface area contributed by atoms with Crippen molar-refractivity contribution in [2.45, 2.75) is 59.2 Å². The Morgan fingerprint density at radius 2 is 1.81 bits per heavy atom. The minimum Gasteiger partial charge on any atom is -0.507 e. The molecule has 0 aromatic heterocycles.